The zero-order chi connectivity index (χ0) is 18.0. The van der Waals surface area contributed by atoms with Gasteiger partial charge in [-0.3, -0.25) is 9.58 Å². The molecule has 1 aromatic carbocycles. The molecule has 1 atom stereocenters. The Morgan fingerprint density at radius 1 is 1.36 bits per heavy atom. The van der Waals surface area contributed by atoms with Gasteiger partial charge < -0.3 is 9.84 Å². The molecule has 25 heavy (non-hydrogen) atoms. The van der Waals surface area contributed by atoms with Crippen LogP contribution in [0.4, 0.5) is 4.79 Å². The molecule has 1 saturated carbocycles. The molecule has 1 aliphatic rings. The van der Waals surface area contributed by atoms with Gasteiger partial charge in [-0.15, -0.1) is 0 Å². The van der Waals surface area contributed by atoms with Crippen LogP contribution in [0.15, 0.2) is 36.5 Å². The molecule has 1 amide bonds. The summed E-state index contributed by atoms with van der Waals surface area (Å²) in [5, 5.41) is 14.0. The average molecular weight is 343 g/mol. The molecule has 0 spiro atoms. The number of ether oxygens (including phenoxy) is 1. The lowest BCUT2D eigenvalue weighted by Crippen LogP contribution is -2.41. The van der Waals surface area contributed by atoms with Crippen LogP contribution in [0, 0.1) is 6.92 Å². The minimum Gasteiger partial charge on any atom is -0.479 e. The zero-order valence-corrected chi connectivity index (χ0v) is 14.3. The molecule has 3 rings (SSSR count). The monoisotopic (exact) mass is 343 g/mol. The van der Waals surface area contributed by atoms with E-state index in [-0.39, 0.29) is 12.6 Å². The maximum absolute atomic E-state index is 12.6. The maximum Gasteiger partial charge on any atom is 0.411 e. The number of aryl methyl sites for hydroxylation is 2. The minimum absolute atomic E-state index is 0.107. The highest BCUT2D eigenvalue weighted by molar-refractivity contribution is 5.82. The third-order valence-corrected chi connectivity index (χ3v) is 4.21. The summed E-state index contributed by atoms with van der Waals surface area (Å²) in [7, 11) is 1.73. The summed E-state index contributed by atoms with van der Waals surface area (Å²) in [6.45, 7) is 1.85. The van der Waals surface area contributed by atoms with E-state index in [0.29, 0.717) is 11.3 Å². The van der Waals surface area contributed by atoms with Gasteiger partial charge in [-0.05, 0) is 25.3 Å². The number of carbonyl (C=O) groups is 2. The van der Waals surface area contributed by atoms with E-state index in [1.165, 1.54) is 4.90 Å². The van der Waals surface area contributed by atoms with E-state index in [1.54, 1.807) is 24.9 Å². The van der Waals surface area contributed by atoms with Crippen LogP contribution in [0.3, 0.4) is 0 Å². The fourth-order valence-electron chi connectivity index (χ4n) is 2.90. The van der Waals surface area contributed by atoms with Gasteiger partial charge in [0.05, 0.1) is 5.69 Å². The molecule has 1 unspecified atom stereocenters. The average Bonchev–Trinajstić information content (AvgIpc) is 3.35. The van der Waals surface area contributed by atoms with Crippen molar-refractivity contribution in [2.75, 3.05) is 0 Å². The molecular weight excluding hydrogens is 322 g/mol. The normalized spacial score (nSPS) is 14.8. The Hall–Kier alpha value is -2.83. The molecule has 0 saturated heterocycles. The molecule has 1 aromatic heterocycles. The van der Waals surface area contributed by atoms with E-state index in [0.717, 1.165) is 18.4 Å². The highest BCUT2D eigenvalue weighted by Crippen LogP contribution is 2.36. The van der Waals surface area contributed by atoms with Crippen LogP contribution in [-0.4, -0.2) is 37.9 Å². The van der Waals surface area contributed by atoms with Crippen LogP contribution >= 0.6 is 0 Å². The molecule has 7 heteroatoms. The summed E-state index contributed by atoms with van der Waals surface area (Å²) in [5.74, 6) is -1.08. The van der Waals surface area contributed by atoms with E-state index in [9.17, 15) is 14.7 Å². The van der Waals surface area contributed by atoms with Crippen molar-refractivity contribution in [3.8, 4) is 0 Å². The molecule has 1 aliphatic carbocycles. The molecular formula is C18H21N3O4. The SMILES string of the molecule is Cc1nn(C)cc1C(C(=O)O)N(C(=O)OCc1ccccc1)C1CC1. The summed E-state index contributed by atoms with van der Waals surface area (Å²) in [5.41, 5.74) is 1.96. The predicted octanol–water partition coefficient (Wildman–Crippen LogP) is 2.66. The summed E-state index contributed by atoms with van der Waals surface area (Å²) in [6.07, 6.45) is 2.60. The smallest absolute Gasteiger partial charge is 0.411 e. The Labute approximate surface area is 145 Å². The molecule has 2 aromatic rings. The molecule has 0 bridgehead atoms. The van der Waals surface area contributed by atoms with Crippen molar-refractivity contribution >= 4 is 12.1 Å². The van der Waals surface area contributed by atoms with Crippen LogP contribution in [0.5, 0.6) is 0 Å². The van der Waals surface area contributed by atoms with Crippen LogP contribution < -0.4 is 0 Å². The first-order valence-corrected chi connectivity index (χ1v) is 8.19. The number of carbonyl (C=O) groups excluding carboxylic acids is 1. The summed E-state index contributed by atoms with van der Waals surface area (Å²) < 4.78 is 6.94. The fraction of sp³-hybridized carbons (Fsp3) is 0.389. The van der Waals surface area contributed by atoms with E-state index in [1.807, 2.05) is 30.3 Å². The molecule has 7 nitrogen and oxygen atoms in total. The first-order valence-electron chi connectivity index (χ1n) is 8.19. The largest absolute Gasteiger partial charge is 0.479 e. The van der Waals surface area contributed by atoms with Gasteiger partial charge in [-0.1, -0.05) is 30.3 Å². The van der Waals surface area contributed by atoms with Crippen LogP contribution in [-0.2, 0) is 23.2 Å². The second-order valence-corrected chi connectivity index (χ2v) is 6.26. The number of carboxylic acids is 1. The number of aromatic nitrogens is 2. The van der Waals surface area contributed by atoms with Gasteiger partial charge in [0.25, 0.3) is 0 Å². The van der Waals surface area contributed by atoms with Crippen LogP contribution in [0.2, 0.25) is 0 Å². The highest BCUT2D eigenvalue weighted by atomic mass is 16.6. The third kappa shape index (κ3) is 3.81. The van der Waals surface area contributed by atoms with E-state index < -0.39 is 18.1 Å². The van der Waals surface area contributed by atoms with Gasteiger partial charge in [-0.2, -0.15) is 5.10 Å². The lowest BCUT2D eigenvalue weighted by molar-refractivity contribution is -0.143. The van der Waals surface area contributed by atoms with Gasteiger partial charge in [-0.25, -0.2) is 9.59 Å². The van der Waals surface area contributed by atoms with Gasteiger partial charge in [0, 0.05) is 24.8 Å². The standard InChI is InChI=1S/C18H21N3O4/c1-12-15(10-20(2)19-12)16(17(22)23)21(14-8-9-14)18(24)25-11-13-6-4-3-5-7-13/h3-7,10,14,16H,8-9,11H2,1-2H3,(H,22,23). The molecule has 0 aliphatic heterocycles. The zero-order valence-electron chi connectivity index (χ0n) is 14.3. The third-order valence-electron chi connectivity index (χ3n) is 4.21. The fourth-order valence-corrected chi connectivity index (χ4v) is 2.90. The van der Waals surface area contributed by atoms with Crippen molar-refractivity contribution < 1.29 is 19.4 Å². The summed E-state index contributed by atoms with van der Waals surface area (Å²) >= 11 is 0. The van der Waals surface area contributed by atoms with Gasteiger partial charge >= 0.3 is 12.1 Å². The van der Waals surface area contributed by atoms with Gasteiger partial charge in [0.15, 0.2) is 6.04 Å². The lowest BCUT2D eigenvalue weighted by Gasteiger charge is -2.28. The van der Waals surface area contributed by atoms with Crippen molar-refractivity contribution in [2.24, 2.45) is 7.05 Å². The number of rotatable bonds is 6. The lowest BCUT2D eigenvalue weighted by atomic mass is 10.1. The Kier molecular flexibility index (Phi) is 4.74. The quantitative estimate of drug-likeness (QED) is 0.871. The first kappa shape index (κ1) is 17.0. The number of amides is 1. The van der Waals surface area contributed by atoms with Crippen molar-refractivity contribution in [3.63, 3.8) is 0 Å². The van der Waals surface area contributed by atoms with Crippen molar-refractivity contribution in [1.29, 1.82) is 0 Å². The summed E-state index contributed by atoms with van der Waals surface area (Å²) in [6, 6.07) is 8.12. The molecule has 1 heterocycles. The first-order chi connectivity index (χ1) is 12.0. The predicted molar refractivity (Wildman–Crippen MR) is 89.8 cm³/mol. The number of aliphatic carboxylic acids is 1. The number of hydrogen-bond donors (Lipinski definition) is 1. The second-order valence-electron chi connectivity index (χ2n) is 6.26. The van der Waals surface area contributed by atoms with Crippen molar-refractivity contribution in [3.05, 3.63) is 53.3 Å². The summed E-state index contributed by atoms with van der Waals surface area (Å²) in [4.78, 5) is 25.9. The molecule has 1 N–H and O–H groups in total. The Morgan fingerprint density at radius 2 is 2.04 bits per heavy atom. The number of hydrogen-bond acceptors (Lipinski definition) is 4. The highest BCUT2D eigenvalue weighted by Gasteiger charge is 2.43. The van der Waals surface area contributed by atoms with E-state index in [4.69, 9.17) is 4.74 Å². The van der Waals surface area contributed by atoms with Crippen LogP contribution in [0.1, 0.15) is 35.7 Å². The maximum atomic E-state index is 12.6. The topological polar surface area (TPSA) is 84.7 Å². The van der Waals surface area contributed by atoms with E-state index >= 15 is 0 Å². The molecule has 132 valence electrons. The molecule has 1 fully saturated rings. The van der Waals surface area contributed by atoms with Gasteiger partial charge in [0.2, 0.25) is 0 Å². The number of nitrogens with zero attached hydrogens (tertiary/aromatic N) is 3. The number of benzene rings is 1. The Bertz CT molecular complexity index is 768. The van der Waals surface area contributed by atoms with Gasteiger partial charge in [0.1, 0.15) is 6.61 Å². The Morgan fingerprint density at radius 3 is 2.56 bits per heavy atom. The van der Waals surface area contributed by atoms with Crippen molar-refractivity contribution in [1.82, 2.24) is 14.7 Å². The van der Waals surface area contributed by atoms with Crippen LogP contribution in [0.25, 0.3) is 0 Å². The second kappa shape index (κ2) is 6.96. The number of carboxylic acid groups (broad SMARTS) is 1. The minimum atomic E-state index is -1.09. The van der Waals surface area contributed by atoms with Crippen molar-refractivity contribution in [2.45, 2.75) is 38.5 Å². The Balaban J connectivity index is 1.81. The van der Waals surface area contributed by atoms with E-state index in [2.05, 4.69) is 5.10 Å². The molecule has 0 radical (unpaired) electrons.